The number of benzene rings is 2. The van der Waals surface area contributed by atoms with Gasteiger partial charge in [-0.15, -0.1) is 0 Å². The topological polar surface area (TPSA) is 47.2 Å². The Morgan fingerprint density at radius 1 is 1.05 bits per heavy atom. The fourth-order valence-electron chi connectivity index (χ4n) is 2.72. The Balaban J connectivity index is 2.02. The lowest BCUT2D eigenvalue weighted by Crippen LogP contribution is -2.26. The summed E-state index contributed by atoms with van der Waals surface area (Å²) in [7, 11) is 0. The van der Waals surface area contributed by atoms with Gasteiger partial charge in [0, 0.05) is 11.6 Å². The van der Waals surface area contributed by atoms with Gasteiger partial charge in [0.05, 0.1) is 23.7 Å². The van der Waals surface area contributed by atoms with E-state index in [1.54, 1.807) is 33.4 Å². The van der Waals surface area contributed by atoms with Gasteiger partial charge in [-0.05, 0) is 36.8 Å². The van der Waals surface area contributed by atoms with E-state index < -0.39 is 6.10 Å². The Bertz CT molecular complexity index is 849. The third-order valence-electron chi connectivity index (χ3n) is 3.85. The smallest absolute Gasteiger partial charge is 0.329 e. The molecule has 22 heavy (non-hydrogen) atoms. The van der Waals surface area contributed by atoms with Gasteiger partial charge in [-0.2, -0.15) is 0 Å². The van der Waals surface area contributed by atoms with Crippen LogP contribution in [-0.4, -0.2) is 14.2 Å². The molecule has 0 fully saturated rings. The summed E-state index contributed by atoms with van der Waals surface area (Å²) in [6.07, 6.45) is -0.758. The van der Waals surface area contributed by atoms with E-state index >= 15 is 0 Å². The third kappa shape index (κ3) is 2.56. The van der Waals surface area contributed by atoms with E-state index in [0.29, 0.717) is 11.6 Å². The minimum absolute atomic E-state index is 0.100. The summed E-state index contributed by atoms with van der Waals surface area (Å²) in [5.74, 6) is 0. The molecule has 114 valence electrons. The Labute approximate surface area is 133 Å². The average Bonchev–Trinajstić information content (AvgIpc) is 2.80. The van der Waals surface area contributed by atoms with Crippen molar-refractivity contribution >= 4 is 22.6 Å². The van der Waals surface area contributed by atoms with Gasteiger partial charge in [0.15, 0.2) is 0 Å². The predicted molar refractivity (Wildman–Crippen MR) is 88.3 cm³/mol. The summed E-state index contributed by atoms with van der Waals surface area (Å²) < 4.78 is 3.34. The Kier molecular flexibility index (Phi) is 4.05. The Morgan fingerprint density at radius 3 is 2.23 bits per heavy atom. The molecule has 0 saturated heterocycles. The van der Waals surface area contributed by atoms with Crippen LogP contribution in [0.4, 0.5) is 0 Å². The maximum absolute atomic E-state index is 12.5. The van der Waals surface area contributed by atoms with Gasteiger partial charge in [0.2, 0.25) is 0 Å². The lowest BCUT2D eigenvalue weighted by atomic mass is 10.1. The van der Waals surface area contributed by atoms with Crippen LogP contribution in [0.25, 0.3) is 11.0 Å². The molecule has 1 unspecified atom stereocenters. The molecule has 4 nitrogen and oxygen atoms in total. The zero-order valence-electron chi connectivity index (χ0n) is 12.2. The number of para-hydroxylation sites is 2. The quantitative estimate of drug-likeness (QED) is 0.803. The molecule has 1 aromatic heterocycles. The molecule has 0 aliphatic carbocycles. The van der Waals surface area contributed by atoms with E-state index in [1.807, 2.05) is 31.2 Å². The average molecular weight is 317 g/mol. The number of fused-ring (bicyclic) bond motifs is 1. The fourth-order valence-corrected chi connectivity index (χ4v) is 2.84. The number of rotatable bonds is 4. The molecular formula is C17H17ClN2O2. The summed E-state index contributed by atoms with van der Waals surface area (Å²) in [4.78, 5) is 12.5. The van der Waals surface area contributed by atoms with Crippen molar-refractivity contribution < 1.29 is 5.11 Å². The van der Waals surface area contributed by atoms with Crippen LogP contribution >= 0.6 is 11.6 Å². The first-order chi connectivity index (χ1) is 10.6. The highest BCUT2D eigenvalue weighted by molar-refractivity contribution is 6.30. The maximum Gasteiger partial charge on any atom is 0.329 e. The van der Waals surface area contributed by atoms with Crippen LogP contribution in [0.15, 0.2) is 53.3 Å². The van der Waals surface area contributed by atoms with Crippen molar-refractivity contribution in [2.45, 2.75) is 26.1 Å². The van der Waals surface area contributed by atoms with Crippen molar-refractivity contribution in [1.29, 1.82) is 0 Å². The number of aryl methyl sites for hydroxylation is 1. The van der Waals surface area contributed by atoms with Crippen LogP contribution in [0.2, 0.25) is 5.02 Å². The maximum atomic E-state index is 12.5. The van der Waals surface area contributed by atoms with E-state index in [-0.39, 0.29) is 12.2 Å². The number of aromatic nitrogens is 2. The second-order valence-corrected chi connectivity index (χ2v) is 5.63. The number of hydrogen-bond donors (Lipinski definition) is 1. The second kappa shape index (κ2) is 5.99. The van der Waals surface area contributed by atoms with Crippen LogP contribution in [0.3, 0.4) is 0 Å². The summed E-state index contributed by atoms with van der Waals surface area (Å²) in [6, 6.07) is 14.6. The zero-order valence-corrected chi connectivity index (χ0v) is 13.0. The van der Waals surface area contributed by atoms with Crippen LogP contribution in [0.1, 0.15) is 18.6 Å². The van der Waals surface area contributed by atoms with Gasteiger partial charge >= 0.3 is 5.69 Å². The van der Waals surface area contributed by atoms with Crippen molar-refractivity contribution in [1.82, 2.24) is 9.13 Å². The lowest BCUT2D eigenvalue weighted by Gasteiger charge is -2.12. The number of halogens is 1. The van der Waals surface area contributed by atoms with E-state index in [1.165, 1.54) is 0 Å². The first-order valence-corrected chi connectivity index (χ1v) is 7.61. The summed E-state index contributed by atoms with van der Waals surface area (Å²) in [5, 5.41) is 11.0. The highest BCUT2D eigenvalue weighted by Crippen LogP contribution is 2.20. The highest BCUT2D eigenvalue weighted by atomic mass is 35.5. The molecule has 0 amide bonds. The molecule has 3 aromatic rings. The molecule has 0 spiro atoms. The number of aliphatic hydroxyl groups excluding tert-OH is 1. The van der Waals surface area contributed by atoms with Crippen LogP contribution in [-0.2, 0) is 13.1 Å². The molecule has 0 radical (unpaired) electrons. The second-order valence-electron chi connectivity index (χ2n) is 5.19. The van der Waals surface area contributed by atoms with Gasteiger partial charge in [-0.3, -0.25) is 9.13 Å². The van der Waals surface area contributed by atoms with E-state index in [2.05, 4.69) is 0 Å². The minimum Gasteiger partial charge on any atom is -0.387 e. The summed E-state index contributed by atoms with van der Waals surface area (Å²) in [6.45, 7) is 2.76. The third-order valence-corrected chi connectivity index (χ3v) is 4.10. The van der Waals surface area contributed by atoms with Gasteiger partial charge in [0.1, 0.15) is 0 Å². The molecule has 2 aromatic carbocycles. The summed E-state index contributed by atoms with van der Waals surface area (Å²) in [5.41, 5.74) is 2.36. The van der Waals surface area contributed by atoms with E-state index in [4.69, 9.17) is 11.6 Å². The van der Waals surface area contributed by atoms with Crippen LogP contribution < -0.4 is 5.69 Å². The normalized spacial score (nSPS) is 12.7. The molecule has 3 rings (SSSR count). The van der Waals surface area contributed by atoms with Crippen molar-refractivity contribution in [3.05, 3.63) is 69.6 Å². The monoisotopic (exact) mass is 316 g/mol. The molecule has 1 heterocycles. The van der Waals surface area contributed by atoms with Crippen LogP contribution in [0, 0.1) is 0 Å². The highest BCUT2D eigenvalue weighted by Gasteiger charge is 2.15. The minimum atomic E-state index is -0.758. The molecule has 0 saturated carbocycles. The van der Waals surface area contributed by atoms with Crippen molar-refractivity contribution in [3.63, 3.8) is 0 Å². The van der Waals surface area contributed by atoms with Crippen LogP contribution in [0.5, 0.6) is 0 Å². The zero-order chi connectivity index (χ0) is 15.7. The predicted octanol–water partition coefficient (Wildman–Crippen LogP) is 3.21. The SMILES string of the molecule is CCn1c(=O)n(CC(O)c2ccc(Cl)cc2)c2ccccc21. The molecular weight excluding hydrogens is 300 g/mol. The summed E-state index contributed by atoms with van der Waals surface area (Å²) >= 11 is 5.86. The Morgan fingerprint density at radius 2 is 1.64 bits per heavy atom. The van der Waals surface area contributed by atoms with Gasteiger partial charge in [-0.1, -0.05) is 35.9 Å². The Hall–Kier alpha value is -2.04. The van der Waals surface area contributed by atoms with Gasteiger partial charge < -0.3 is 5.11 Å². The number of nitrogens with zero attached hydrogens (tertiary/aromatic N) is 2. The number of imidazole rings is 1. The molecule has 0 bridgehead atoms. The first kappa shape index (κ1) is 14.9. The molecule has 1 N–H and O–H groups in total. The van der Waals surface area contributed by atoms with Gasteiger partial charge in [0.25, 0.3) is 0 Å². The molecule has 1 atom stereocenters. The van der Waals surface area contributed by atoms with Crippen molar-refractivity contribution in [2.75, 3.05) is 0 Å². The standard InChI is InChI=1S/C17H17ClN2O2/c1-2-19-14-5-3-4-6-15(14)20(17(19)22)11-16(21)12-7-9-13(18)10-8-12/h3-10,16,21H,2,11H2,1H3. The van der Waals surface area contributed by atoms with Gasteiger partial charge in [-0.25, -0.2) is 4.79 Å². The molecule has 5 heteroatoms. The largest absolute Gasteiger partial charge is 0.387 e. The lowest BCUT2D eigenvalue weighted by molar-refractivity contribution is 0.156. The van der Waals surface area contributed by atoms with Crippen molar-refractivity contribution in [3.8, 4) is 0 Å². The number of aliphatic hydroxyl groups is 1. The van der Waals surface area contributed by atoms with E-state index in [9.17, 15) is 9.90 Å². The van der Waals surface area contributed by atoms with E-state index in [0.717, 1.165) is 16.6 Å². The molecule has 0 aliphatic rings. The van der Waals surface area contributed by atoms with Crippen molar-refractivity contribution in [2.24, 2.45) is 0 Å². The fraction of sp³-hybridized carbons (Fsp3) is 0.235. The first-order valence-electron chi connectivity index (χ1n) is 7.23. The number of hydrogen-bond acceptors (Lipinski definition) is 2. The molecule has 0 aliphatic heterocycles.